The van der Waals surface area contributed by atoms with Gasteiger partial charge in [-0.25, -0.2) is 8.78 Å². The predicted octanol–water partition coefficient (Wildman–Crippen LogP) is 6.60. The molecule has 3 aliphatic carbocycles. The number of fused-ring (bicyclic) bond motifs is 5. The van der Waals surface area contributed by atoms with Crippen LogP contribution in [-0.4, -0.2) is 16.9 Å². The average Bonchev–Trinajstić information content (AvgIpc) is 3.03. The number of nitrogens with one attached hydrogen (secondary N) is 1. The minimum absolute atomic E-state index is 0.00991. The summed E-state index contributed by atoms with van der Waals surface area (Å²) in [5, 5.41) is 12.9. The molecule has 182 valence electrons. The highest BCUT2D eigenvalue weighted by Gasteiger charge is 2.67. The maximum absolute atomic E-state index is 15.4. The molecule has 0 radical (unpaired) electrons. The van der Waals surface area contributed by atoms with Gasteiger partial charge < -0.3 is 10.4 Å². The lowest BCUT2D eigenvalue weighted by atomic mass is 9.53. The number of rotatable bonds is 6. The molecule has 0 saturated heterocycles. The van der Waals surface area contributed by atoms with Crippen LogP contribution in [0.2, 0.25) is 0 Å². The van der Waals surface area contributed by atoms with Crippen molar-refractivity contribution in [3.63, 3.8) is 0 Å². The molecule has 0 heterocycles. The van der Waals surface area contributed by atoms with Crippen LogP contribution in [0.3, 0.4) is 0 Å². The topological polar surface area (TPSA) is 49.3 Å². The molecule has 2 aromatic rings. The quantitative estimate of drug-likeness (QED) is 0.503. The molecule has 0 unspecified atom stereocenters. The molecule has 0 aromatic heterocycles. The Morgan fingerprint density at radius 2 is 1.94 bits per heavy atom. The van der Waals surface area contributed by atoms with Crippen molar-refractivity contribution in [1.29, 1.82) is 0 Å². The van der Waals surface area contributed by atoms with Gasteiger partial charge in [0.1, 0.15) is 5.75 Å². The van der Waals surface area contributed by atoms with Crippen molar-refractivity contribution in [3.8, 4) is 5.75 Å². The molecule has 3 aliphatic rings. The van der Waals surface area contributed by atoms with E-state index in [2.05, 4.69) is 5.32 Å². The van der Waals surface area contributed by atoms with Gasteiger partial charge in [0.25, 0.3) is 5.92 Å². The zero-order valence-corrected chi connectivity index (χ0v) is 19.9. The van der Waals surface area contributed by atoms with Gasteiger partial charge in [0, 0.05) is 24.8 Å². The molecular formula is C29H35F2NO2. The molecule has 0 spiro atoms. The maximum atomic E-state index is 15.4. The third kappa shape index (κ3) is 4.12. The normalized spacial score (nSPS) is 31.3. The Morgan fingerprint density at radius 1 is 1.15 bits per heavy atom. The Labute approximate surface area is 201 Å². The summed E-state index contributed by atoms with van der Waals surface area (Å²) in [7, 11) is 0. The Kier molecular flexibility index (Phi) is 6.16. The number of alkyl halides is 2. The van der Waals surface area contributed by atoms with Gasteiger partial charge in [-0.2, -0.15) is 0 Å². The van der Waals surface area contributed by atoms with Crippen molar-refractivity contribution in [3.05, 3.63) is 65.2 Å². The van der Waals surface area contributed by atoms with E-state index in [0.717, 1.165) is 24.8 Å². The second-order valence-electron chi connectivity index (χ2n) is 11.0. The molecule has 2 aromatic carbocycles. The number of amides is 1. The fourth-order valence-electron chi connectivity index (χ4n) is 7.50. The fraction of sp³-hybridized carbons (Fsp3) is 0.552. The Morgan fingerprint density at radius 3 is 2.74 bits per heavy atom. The fourth-order valence-corrected chi connectivity index (χ4v) is 7.50. The molecule has 0 bridgehead atoms. The van der Waals surface area contributed by atoms with Crippen LogP contribution in [0.1, 0.15) is 74.5 Å². The highest BCUT2D eigenvalue weighted by molar-refractivity contribution is 5.75. The van der Waals surface area contributed by atoms with Crippen LogP contribution < -0.4 is 5.32 Å². The number of aromatic hydroxyl groups is 1. The third-order valence-electron chi connectivity index (χ3n) is 9.13. The highest BCUT2D eigenvalue weighted by Crippen LogP contribution is 2.68. The molecule has 5 heteroatoms. The maximum Gasteiger partial charge on any atom is 0.253 e. The molecule has 34 heavy (non-hydrogen) atoms. The van der Waals surface area contributed by atoms with Crippen LogP contribution in [0.5, 0.6) is 5.75 Å². The van der Waals surface area contributed by atoms with Crippen LogP contribution >= 0.6 is 0 Å². The molecule has 5 rings (SSSR count). The number of aryl methyl sites for hydroxylation is 1. The van der Waals surface area contributed by atoms with Crippen molar-refractivity contribution in [2.45, 2.75) is 76.7 Å². The summed E-state index contributed by atoms with van der Waals surface area (Å²) in [5.41, 5.74) is 2.54. The summed E-state index contributed by atoms with van der Waals surface area (Å²) in [6, 6.07) is 15.4. The van der Waals surface area contributed by atoms with Crippen LogP contribution in [0, 0.1) is 23.2 Å². The number of carbonyl (C=O) groups excluding carboxylic acids is 1. The smallest absolute Gasteiger partial charge is 0.253 e. The molecule has 0 aliphatic heterocycles. The lowest BCUT2D eigenvalue weighted by Gasteiger charge is -2.51. The van der Waals surface area contributed by atoms with E-state index in [4.69, 9.17) is 0 Å². The molecule has 5 atom stereocenters. The third-order valence-corrected chi connectivity index (χ3v) is 9.13. The van der Waals surface area contributed by atoms with Gasteiger partial charge in [-0.05, 0) is 91.0 Å². The Balaban J connectivity index is 1.26. The van der Waals surface area contributed by atoms with E-state index < -0.39 is 11.3 Å². The van der Waals surface area contributed by atoms with Crippen molar-refractivity contribution in [2.75, 3.05) is 0 Å². The van der Waals surface area contributed by atoms with Crippen molar-refractivity contribution < 1.29 is 18.7 Å². The van der Waals surface area contributed by atoms with Crippen LogP contribution in [-0.2, 0) is 17.8 Å². The van der Waals surface area contributed by atoms with E-state index in [-0.39, 0.29) is 35.8 Å². The zero-order chi connectivity index (χ0) is 23.9. The lowest BCUT2D eigenvalue weighted by molar-refractivity contribution is -0.133. The number of hydrogen-bond donors (Lipinski definition) is 2. The minimum Gasteiger partial charge on any atom is -0.508 e. The number of phenolic OH excluding ortho intramolecular Hbond substituents is 1. The van der Waals surface area contributed by atoms with Gasteiger partial charge in [-0.3, -0.25) is 4.79 Å². The summed E-state index contributed by atoms with van der Waals surface area (Å²) in [6.45, 7) is 2.33. The van der Waals surface area contributed by atoms with Gasteiger partial charge in [-0.1, -0.05) is 43.3 Å². The number of benzene rings is 2. The van der Waals surface area contributed by atoms with Gasteiger partial charge in [0.2, 0.25) is 5.91 Å². The average molecular weight is 468 g/mol. The van der Waals surface area contributed by atoms with E-state index in [9.17, 15) is 9.90 Å². The van der Waals surface area contributed by atoms with E-state index in [1.54, 1.807) is 6.07 Å². The molecule has 2 N–H and O–H groups in total. The van der Waals surface area contributed by atoms with Gasteiger partial charge in [0.15, 0.2) is 0 Å². The number of carbonyl (C=O) groups is 1. The zero-order valence-electron chi connectivity index (χ0n) is 19.9. The predicted molar refractivity (Wildman–Crippen MR) is 129 cm³/mol. The van der Waals surface area contributed by atoms with E-state index in [1.165, 1.54) is 11.1 Å². The summed E-state index contributed by atoms with van der Waals surface area (Å²) < 4.78 is 30.8. The van der Waals surface area contributed by atoms with Gasteiger partial charge in [0.05, 0.1) is 0 Å². The van der Waals surface area contributed by atoms with Crippen molar-refractivity contribution in [1.82, 2.24) is 5.32 Å². The largest absolute Gasteiger partial charge is 0.508 e. The lowest BCUT2D eigenvalue weighted by Crippen LogP contribution is -2.47. The standard InChI is InChI=1S/C29H35F2NO2/c1-28-15-14-24-23-13-11-22(33)16-20(23)10-12-25(24)27(28)21(17-29(28,30)31)8-5-9-26(34)32-18-19-6-3-2-4-7-19/h2-4,6-7,11,13,16,21,24-25,27,33H,5,8-10,12,14-15,17-18H2,1H3,(H,32,34)/t21-,24+,25+,27-,28-/m0/s1. The van der Waals surface area contributed by atoms with Crippen LogP contribution in [0.4, 0.5) is 8.78 Å². The Hall–Kier alpha value is -2.43. The van der Waals surface area contributed by atoms with Crippen LogP contribution in [0.25, 0.3) is 0 Å². The van der Waals surface area contributed by atoms with E-state index >= 15 is 8.78 Å². The second-order valence-corrected chi connectivity index (χ2v) is 11.0. The number of hydrogen-bond acceptors (Lipinski definition) is 2. The van der Waals surface area contributed by atoms with E-state index in [1.807, 2.05) is 49.4 Å². The summed E-state index contributed by atoms with van der Waals surface area (Å²) >= 11 is 0. The molecular weight excluding hydrogens is 432 g/mol. The van der Waals surface area contributed by atoms with E-state index in [0.29, 0.717) is 38.1 Å². The SMILES string of the molecule is C[C@]12CC[C@@H]3c4ccc(O)cc4CC[C@H]3[C@@H]1[C@@H](CCCC(=O)NCc1ccccc1)CC2(F)F. The molecule has 2 fully saturated rings. The van der Waals surface area contributed by atoms with Crippen LogP contribution in [0.15, 0.2) is 48.5 Å². The monoisotopic (exact) mass is 467 g/mol. The molecule has 2 saturated carbocycles. The first-order chi connectivity index (χ1) is 16.3. The molecule has 3 nitrogen and oxygen atoms in total. The summed E-state index contributed by atoms with van der Waals surface area (Å²) in [5.74, 6) is -1.89. The van der Waals surface area contributed by atoms with Gasteiger partial charge >= 0.3 is 0 Å². The highest BCUT2D eigenvalue weighted by atomic mass is 19.3. The number of halogens is 2. The first-order valence-corrected chi connectivity index (χ1v) is 12.8. The minimum atomic E-state index is -2.65. The first kappa shape index (κ1) is 23.3. The summed E-state index contributed by atoms with van der Waals surface area (Å²) in [6.07, 6.45) is 4.75. The number of phenols is 1. The van der Waals surface area contributed by atoms with Gasteiger partial charge in [-0.15, -0.1) is 0 Å². The van der Waals surface area contributed by atoms with Crippen molar-refractivity contribution in [2.24, 2.45) is 23.2 Å². The second kappa shape index (κ2) is 8.98. The Bertz CT molecular complexity index is 1040. The van der Waals surface area contributed by atoms with Crippen molar-refractivity contribution >= 4 is 5.91 Å². The summed E-state index contributed by atoms with van der Waals surface area (Å²) in [4.78, 5) is 12.4. The molecule has 1 amide bonds. The first-order valence-electron chi connectivity index (χ1n) is 12.8.